The molecule has 0 aromatic heterocycles. The number of carbonyl (C=O) groups is 2. The molecule has 2 unspecified atom stereocenters. The third kappa shape index (κ3) is 7.43. The van der Waals surface area contributed by atoms with Crippen LogP contribution in [-0.2, 0) is 14.3 Å². The van der Waals surface area contributed by atoms with E-state index in [4.69, 9.17) is 10.5 Å². The molecule has 0 aliphatic rings. The van der Waals surface area contributed by atoms with Gasteiger partial charge < -0.3 is 21.1 Å². The average Bonchev–Trinajstić information content (AvgIpc) is 2.45. The lowest BCUT2D eigenvalue weighted by Gasteiger charge is -2.28. The SMILES string of the molecule is CCCNC(C)(CCCCC(NC)C(N)=O)C(=O)OCC. The Morgan fingerprint density at radius 3 is 2.43 bits per heavy atom. The van der Waals surface area contributed by atoms with E-state index in [-0.39, 0.29) is 17.9 Å². The van der Waals surface area contributed by atoms with Crippen molar-refractivity contribution in [3.8, 4) is 0 Å². The molecule has 0 aromatic rings. The predicted octanol–water partition coefficient (Wildman–Crippen LogP) is 0.942. The molecule has 0 saturated heterocycles. The third-order valence-electron chi connectivity index (χ3n) is 3.60. The van der Waals surface area contributed by atoms with Gasteiger partial charge in [0.2, 0.25) is 5.91 Å². The molecule has 21 heavy (non-hydrogen) atoms. The van der Waals surface area contributed by atoms with Gasteiger partial charge in [-0.1, -0.05) is 19.8 Å². The van der Waals surface area contributed by atoms with Crippen molar-refractivity contribution in [2.45, 2.75) is 64.5 Å². The zero-order valence-electron chi connectivity index (χ0n) is 13.8. The van der Waals surface area contributed by atoms with Crippen molar-refractivity contribution in [3.63, 3.8) is 0 Å². The predicted molar refractivity (Wildman–Crippen MR) is 83.8 cm³/mol. The molecule has 0 rings (SSSR count). The van der Waals surface area contributed by atoms with Gasteiger partial charge in [-0.15, -0.1) is 0 Å². The first-order valence-corrected chi connectivity index (χ1v) is 7.80. The van der Waals surface area contributed by atoms with E-state index in [1.807, 2.05) is 13.8 Å². The second kappa shape index (κ2) is 10.6. The van der Waals surface area contributed by atoms with E-state index in [9.17, 15) is 9.59 Å². The molecule has 0 bridgehead atoms. The van der Waals surface area contributed by atoms with Crippen LogP contribution in [0.1, 0.15) is 52.9 Å². The fraction of sp³-hybridized carbons (Fsp3) is 0.867. The van der Waals surface area contributed by atoms with E-state index < -0.39 is 5.54 Å². The van der Waals surface area contributed by atoms with E-state index in [0.29, 0.717) is 19.4 Å². The Morgan fingerprint density at radius 1 is 1.29 bits per heavy atom. The first-order valence-electron chi connectivity index (χ1n) is 7.80. The molecule has 1 amide bonds. The topological polar surface area (TPSA) is 93.5 Å². The summed E-state index contributed by atoms with van der Waals surface area (Å²) in [6, 6.07) is -0.303. The lowest BCUT2D eigenvalue weighted by atomic mass is 9.93. The summed E-state index contributed by atoms with van der Waals surface area (Å²) in [6.45, 7) is 6.90. The number of unbranched alkanes of at least 4 members (excludes halogenated alkanes) is 1. The van der Waals surface area contributed by atoms with Gasteiger partial charge in [0.25, 0.3) is 0 Å². The van der Waals surface area contributed by atoms with Crippen LogP contribution in [0.2, 0.25) is 0 Å². The maximum absolute atomic E-state index is 12.1. The molecule has 0 spiro atoms. The number of hydrogen-bond acceptors (Lipinski definition) is 5. The molecule has 6 nitrogen and oxygen atoms in total. The monoisotopic (exact) mass is 301 g/mol. The molecule has 0 heterocycles. The Balaban J connectivity index is 4.35. The van der Waals surface area contributed by atoms with Crippen molar-refractivity contribution in [3.05, 3.63) is 0 Å². The Hall–Kier alpha value is -1.14. The molecule has 0 aromatic carbocycles. The normalized spacial score (nSPS) is 15.2. The van der Waals surface area contributed by atoms with E-state index >= 15 is 0 Å². The molecule has 2 atom stereocenters. The average molecular weight is 301 g/mol. The zero-order chi connectivity index (χ0) is 16.3. The maximum Gasteiger partial charge on any atom is 0.326 e. The summed E-state index contributed by atoms with van der Waals surface area (Å²) in [4.78, 5) is 23.2. The Morgan fingerprint density at radius 2 is 1.95 bits per heavy atom. The molecule has 0 fully saturated rings. The van der Waals surface area contributed by atoms with Crippen LogP contribution in [0.3, 0.4) is 0 Å². The second-order valence-corrected chi connectivity index (χ2v) is 5.47. The lowest BCUT2D eigenvalue weighted by Crippen LogP contribution is -2.50. The number of likely N-dealkylation sites (N-methyl/N-ethyl adjacent to an activating group) is 1. The Kier molecular flexibility index (Phi) is 9.99. The van der Waals surface area contributed by atoms with Gasteiger partial charge >= 0.3 is 5.97 Å². The minimum Gasteiger partial charge on any atom is -0.465 e. The molecule has 0 saturated carbocycles. The molecule has 0 aliphatic carbocycles. The standard InChI is InChI=1S/C15H31N3O3/c1-5-11-18-15(3,14(20)21-6-2)10-8-7-9-12(17-4)13(16)19/h12,17-18H,5-11H2,1-4H3,(H2,16,19). The number of nitrogens with one attached hydrogen (secondary N) is 2. The van der Waals surface area contributed by atoms with Crippen molar-refractivity contribution in [1.82, 2.24) is 10.6 Å². The van der Waals surface area contributed by atoms with E-state index in [2.05, 4.69) is 17.6 Å². The van der Waals surface area contributed by atoms with Crippen molar-refractivity contribution in [2.24, 2.45) is 5.73 Å². The van der Waals surface area contributed by atoms with Crippen LogP contribution in [0.5, 0.6) is 0 Å². The van der Waals surface area contributed by atoms with Crippen molar-refractivity contribution >= 4 is 11.9 Å². The summed E-state index contributed by atoms with van der Waals surface area (Å²) in [5.74, 6) is -0.548. The van der Waals surface area contributed by atoms with Crippen LogP contribution >= 0.6 is 0 Å². The van der Waals surface area contributed by atoms with Gasteiger partial charge in [-0.05, 0) is 46.7 Å². The van der Waals surface area contributed by atoms with Crippen molar-refractivity contribution in [1.29, 1.82) is 0 Å². The van der Waals surface area contributed by atoms with E-state index in [1.54, 1.807) is 7.05 Å². The summed E-state index contributed by atoms with van der Waals surface area (Å²) in [5.41, 5.74) is 4.62. The summed E-state index contributed by atoms with van der Waals surface area (Å²) >= 11 is 0. The van der Waals surface area contributed by atoms with Gasteiger partial charge in [0.15, 0.2) is 0 Å². The molecule has 4 N–H and O–H groups in total. The van der Waals surface area contributed by atoms with Gasteiger partial charge in [-0.2, -0.15) is 0 Å². The highest BCUT2D eigenvalue weighted by molar-refractivity contribution is 5.80. The minimum atomic E-state index is -0.659. The minimum absolute atomic E-state index is 0.210. The quantitative estimate of drug-likeness (QED) is 0.368. The summed E-state index contributed by atoms with van der Waals surface area (Å²) in [5, 5.41) is 6.17. The number of hydrogen-bond donors (Lipinski definition) is 3. The number of esters is 1. The largest absolute Gasteiger partial charge is 0.465 e. The van der Waals surface area contributed by atoms with Gasteiger partial charge in [0.1, 0.15) is 5.54 Å². The van der Waals surface area contributed by atoms with E-state index in [0.717, 1.165) is 25.8 Å². The third-order valence-corrected chi connectivity index (χ3v) is 3.60. The van der Waals surface area contributed by atoms with Crippen LogP contribution in [0.4, 0.5) is 0 Å². The van der Waals surface area contributed by atoms with Gasteiger partial charge in [0.05, 0.1) is 12.6 Å². The molecule has 0 radical (unpaired) electrons. The molecule has 6 heteroatoms. The molecular weight excluding hydrogens is 270 g/mol. The second-order valence-electron chi connectivity index (χ2n) is 5.47. The first-order chi connectivity index (χ1) is 9.91. The van der Waals surface area contributed by atoms with Gasteiger partial charge in [-0.25, -0.2) is 0 Å². The van der Waals surface area contributed by atoms with Crippen molar-refractivity contribution < 1.29 is 14.3 Å². The number of carbonyl (C=O) groups excluding carboxylic acids is 2. The summed E-state index contributed by atoms with van der Waals surface area (Å²) in [6.07, 6.45) is 3.98. The Labute approximate surface area is 128 Å². The smallest absolute Gasteiger partial charge is 0.326 e. The number of amides is 1. The van der Waals surface area contributed by atoms with Crippen LogP contribution in [0, 0.1) is 0 Å². The number of ether oxygens (including phenoxy) is 1. The first kappa shape index (κ1) is 19.9. The fourth-order valence-corrected chi connectivity index (χ4v) is 2.21. The fourth-order valence-electron chi connectivity index (χ4n) is 2.21. The molecule has 0 aliphatic heterocycles. The van der Waals surface area contributed by atoms with Gasteiger partial charge in [-0.3, -0.25) is 9.59 Å². The highest BCUT2D eigenvalue weighted by Gasteiger charge is 2.33. The van der Waals surface area contributed by atoms with Crippen LogP contribution in [0.25, 0.3) is 0 Å². The highest BCUT2D eigenvalue weighted by atomic mass is 16.5. The van der Waals surface area contributed by atoms with Crippen LogP contribution in [0.15, 0.2) is 0 Å². The summed E-state index contributed by atoms with van der Waals surface area (Å²) in [7, 11) is 1.72. The maximum atomic E-state index is 12.1. The lowest BCUT2D eigenvalue weighted by molar-refractivity contribution is -0.151. The van der Waals surface area contributed by atoms with E-state index in [1.165, 1.54) is 0 Å². The molecular formula is C15H31N3O3. The van der Waals surface area contributed by atoms with Crippen molar-refractivity contribution in [2.75, 3.05) is 20.2 Å². The number of nitrogens with two attached hydrogens (primary N) is 1. The zero-order valence-corrected chi connectivity index (χ0v) is 13.8. The Bertz CT molecular complexity index is 323. The number of rotatable bonds is 12. The number of primary amides is 1. The highest BCUT2D eigenvalue weighted by Crippen LogP contribution is 2.17. The van der Waals surface area contributed by atoms with Crippen LogP contribution in [-0.4, -0.2) is 43.7 Å². The molecule has 124 valence electrons. The van der Waals surface area contributed by atoms with Gasteiger partial charge in [0, 0.05) is 0 Å². The summed E-state index contributed by atoms with van der Waals surface area (Å²) < 4.78 is 5.15. The van der Waals surface area contributed by atoms with Crippen LogP contribution < -0.4 is 16.4 Å².